The summed E-state index contributed by atoms with van der Waals surface area (Å²) in [6.45, 7) is 2.90. The van der Waals surface area contributed by atoms with Crippen molar-refractivity contribution in [3.63, 3.8) is 0 Å². The average Bonchev–Trinajstić information content (AvgIpc) is 2.41. The summed E-state index contributed by atoms with van der Waals surface area (Å²) in [7, 11) is 0. The van der Waals surface area contributed by atoms with Gasteiger partial charge in [-0.05, 0) is 37.5 Å². The minimum absolute atomic E-state index is 0.314. The quantitative estimate of drug-likeness (QED) is 0.892. The Morgan fingerprint density at radius 2 is 2.37 bits per heavy atom. The third kappa shape index (κ3) is 3.61. The number of carbonyl (C=O) groups excluding carboxylic acids is 1. The van der Waals surface area contributed by atoms with E-state index in [1.165, 1.54) is 0 Å². The number of halogens is 1. The number of amides is 1. The van der Waals surface area contributed by atoms with Crippen molar-refractivity contribution in [1.82, 2.24) is 0 Å². The highest BCUT2D eigenvalue weighted by atomic mass is 35.5. The first-order valence-electron chi connectivity index (χ1n) is 6.57. The predicted octanol–water partition coefficient (Wildman–Crippen LogP) is 2.81. The van der Waals surface area contributed by atoms with E-state index in [-0.39, 0.29) is 0 Å². The van der Waals surface area contributed by atoms with Crippen LogP contribution in [0.25, 0.3) is 0 Å². The smallest absolute Gasteiger partial charge is 0.250 e. The van der Waals surface area contributed by atoms with Gasteiger partial charge in [-0.2, -0.15) is 0 Å². The number of rotatable bonds is 4. The average molecular weight is 283 g/mol. The van der Waals surface area contributed by atoms with Crippen LogP contribution in [0.1, 0.15) is 36.5 Å². The van der Waals surface area contributed by atoms with E-state index in [0.29, 0.717) is 22.7 Å². The van der Waals surface area contributed by atoms with Crippen LogP contribution in [0, 0.1) is 0 Å². The maximum atomic E-state index is 11.3. The van der Waals surface area contributed by atoms with Crippen molar-refractivity contribution in [2.24, 2.45) is 5.73 Å². The molecule has 4 nitrogen and oxygen atoms in total. The zero-order valence-corrected chi connectivity index (χ0v) is 11.7. The topological polar surface area (TPSA) is 64.3 Å². The number of carbonyl (C=O) groups is 1. The normalized spacial score (nSPS) is 23.1. The molecular formula is C14H19ClN2O2. The molecule has 1 aromatic carbocycles. The Hall–Kier alpha value is -1.26. The van der Waals surface area contributed by atoms with Gasteiger partial charge in [-0.15, -0.1) is 0 Å². The van der Waals surface area contributed by atoms with E-state index >= 15 is 0 Å². The van der Waals surface area contributed by atoms with Gasteiger partial charge in [0.25, 0.3) is 0 Å². The van der Waals surface area contributed by atoms with Crippen molar-refractivity contribution in [2.45, 2.75) is 38.3 Å². The molecule has 1 heterocycles. The Kier molecular flexibility index (Phi) is 4.66. The first-order valence-corrected chi connectivity index (χ1v) is 6.95. The lowest BCUT2D eigenvalue weighted by Gasteiger charge is -2.30. The summed E-state index contributed by atoms with van der Waals surface area (Å²) in [6.07, 6.45) is 3.27. The number of primary amides is 1. The van der Waals surface area contributed by atoms with Gasteiger partial charge in [-0.1, -0.05) is 18.5 Å². The number of benzene rings is 1. The summed E-state index contributed by atoms with van der Waals surface area (Å²) in [6, 6.07) is 5.63. The molecule has 2 atom stereocenters. The Morgan fingerprint density at radius 3 is 3.05 bits per heavy atom. The molecule has 1 saturated heterocycles. The maximum absolute atomic E-state index is 11.3. The Bertz CT molecular complexity index is 465. The highest BCUT2D eigenvalue weighted by Gasteiger charge is 2.21. The van der Waals surface area contributed by atoms with Gasteiger partial charge in [0.2, 0.25) is 5.91 Å². The predicted molar refractivity (Wildman–Crippen MR) is 76.6 cm³/mol. The van der Waals surface area contributed by atoms with Crippen LogP contribution < -0.4 is 11.1 Å². The third-order valence-electron chi connectivity index (χ3n) is 3.43. The molecule has 0 radical (unpaired) electrons. The second-order valence-electron chi connectivity index (χ2n) is 4.83. The molecule has 1 fully saturated rings. The van der Waals surface area contributed by atoms with Gasteiger partial charge >= 0.3 is 0 Å². The fourth-order valence-electron chi connectivity index (χ4n) is 2.34. The lowest BCUT2D eigenvalue weighted by atomic mass is 10.0. The Labute approximate surface area is 118 Å². The first kappa shape index (κ1) is 14.2. The van der Waals surface area contributed by atoms with Crippen molar-refractivity contribution in [3.05, 3.63) is 28.8 Å². The number of nitrogens with one attached hydrogen (secondary N) is 1. The van der Waals surface area contributed by atoms with E-state index < -0.39 is 5.91 Å². The fourth-order valence-corrected chi connectivity index (χ4v) is 2.55. The summed E-state index contributed by atoms with van der Waals surface area (Å²) in [5.41, 5.74) is 6.52. The molecule has 2 unspecified atom stereocenters. The number of hydrogen-bond acceptors (Lipinski definition) is 3. The van der Waals surface area contributed by atoms with E-state index in [1.54, 1.807) is 12.1 Å². The van der Waals surface area contributed by atoms with Gasteiger partial charge in [-0.25, -0.2) is 0 Å². The molecule has 1 aromatic rings. The van der Waals surface area contributed by atoms with Crippen LogP contribution in [-0.2, 0) is 4.74 Å². The first-order chi connectivity index (χ1) is 9.10. The maximum Gasteiger partial charge on any atom is 0.250 e. The number of hydrogen-bond donors (Lipinski definition) is 2. The number of anilines is 1. The Morgan fingerprint density at radius 1 is 1.58 bits per heavy atom. The minimum Gasteiger partial charge on any atom is -0.382 e. The molecule has 1 amide bonds. The van der Waals surface area contributed by atoms with E-state index in [9.17, 15) is 4.79 Å². The van der Waals surface area contributed by atoms with Crippen LogP contribution in [0.2, 0.25) is 5.02 Å². The summed E-state index contributed by atoms with van der Waals surface area (Å²) >= 11 is 5.93. The molecule has 104 valence electrons. The number of nitrogens with two attached hydrogens (primary N) is 1. The molecule has 1 aliphatic heterocycles. The summed E-state index contributed by atoms with van der Waals surface area (Å²) < 4.78 is 5.64. The van der Waals surface area contributed by atoms with Crippen molar-refractivity contribution < 1.29 is 9.53 Å². The largest absolute Gasteiger partial charge is 0.382 e. The standard InChI is InChI=1S/C14H19ClN2O2/c1-2-11-7-10(5-6-19-11)17-9-3-4-13(15)12(8-9)14(16)18/h3-4,8,10-11,17H,2,5-7H2,1H3,(H2,16,18). The molecule has 19 heavy (non-hydrogen) atoms. The van der Waals surface area contributed by atoms with Crippen LogP contribution in [0.4, 0.5) is 5.69 Å². The van der Waals surface area contributed by atoms with Gasteiger partial charge in [0.15, 0.2) is 0 Å². The zero-order chi connectivity index (χ0) is 13.8. The molecule has 0 aliphatic carbocycles. The zero-order valence-electron chi connectivity index (χ0n) is 11.0. The monoisotopic (exact) mass is 282 g/mol. The highest BCUT2D eigenvalue weighted by Crippen LogP contribution is 2.24. The lowest BCUT2D eigenvalue weighted by Crippen LogP contribution is -2.33. The van der Waals surface area contributed by atoms with Gasteiger partial charge in [-0.3, -0.25) is 4.79 Å². The summed E-state index contributed by atoms with van der Waals surface area (Å²) in [5.74, 6) is -0.507. The van der Waals surface area contributed by atoms with Crippen molar-refractivity contribution in [3.8, 4) is 0 Å². The second-order valence-corrected chi connectivity index (χ2v) is 5.23. The SMILES string of the molecule is CCC1CC(Nc2ccc(Cl)c(C(N)=O)c2)CCO1. The van der Waals surface area contributed by atoms with Crippen LogP contribution >= 0.6 is 11.6 Å². The highest BCUT2D eigenvalue weighted by molar-refractivity contribution is 6.33. The molecule has 0 aromatic heterocycles. The molecular weight excluding hydrogens is 264 g/mol. The van der Waals surface area contributed by atoms with Crippen LogP contribution in [-0.4, -0.2) is 24.7 Å². The Balaban J connectivity index is 2.06. The fraction of sp³-hybridized carbons (Fsp3) is 0.500. The van der Waals surface area contributed by atoms with Crippen LogP contribution in [0.15, 0.2) is 18.2 Å². The molecule has 0 spiro atoms. The summed E-state index contributed by atoms with van der Waals surface area (Å²) in [4.78, 5) is 11.3. The molecule has 1 aliphatic rings. The lowest BCUT2D eigenvalue weighted by molar-refractivity contribution is 0.00925. The van der Waals surface area contributed by atoms with Gasteiger partial charge in [0.1, 0.15) is 0 Å². The van der Waals surface area contributed by atoms with E-state index in [4.69, 9.17) is 22.1 Å². The molecule has 5 heteroatoms. The van der Waals surface area contributed by atoms with Gasteiger partial charge in [0, 0.05) is 18.3 Å². The summed E-state index contributed by atoms with van der Waals surface area (Å²) in [5, 5.41) is 3.81. The molecule has 0 bridgehead atoms. The second kappa shape index (κ2) is 6.26. The van der Waals surface area contributed by atoms with Crippen molar-refractivity contribution in [1.29, 1.82) is 0 Å². The van der Waals surface area contributed by atoms with E-state index in [1.807, 2.05) is 6.07 Å². The molecule has 3 N–H and O–H groups in total. The van der Waals surface area contributed by atoms with Crippen LogP contribution in [0.5, 0.6) is 0 Å². The minimum atomic E-state index is -0.507. The van der Waals surface area contributed by atoms with Crippen molar-refractivity contribution >= 4 is 23.2 Å². The third-order valence-corrected chi connectivity index (χ3v) is 3.75. The molecule has 0 saturated carbocycles. The van der Waals surface area contributed by atoms with E-state index in [2.05, 4.69) is 12.2 Å². The van der Waals surface area contributed by atoms with Gasteiger partial charge in [0.05, 0.1) is 16.7 Å². The molecule has 2 rings (SSSR count). The van der Waals surface area contributed by atoms with Crippen LogP contribution in [0.3, 0.4) is 0 Å². The number of ether oxygens (including phenoxy) is 1. The van der Waals surface area contributed by atoms with E-state index in [0.717, 1.165) is 31.6 Å². The van der Waals surface area contributed by atoms with Gasteiger partial charge < -0.3 is 15.8 Å². The van der Waals surface area contributed by atoms with Crippen molar-refractivity contribution in [2.75, 3.05) is 11.9 Å².